The van der Waals surface area contributed by atoms with Crippen LogP contribution in [0, 0.1) is 6.92 Å². The van der Waals surface area contributed by atoms with Crippen LogP contribution in [0.5, 0.6) is 0 Å². The number of carbonyl (C=O) groups is 1. The van der Waals surface area contributed by atoms with Crippen molar-refractivity contribution in [1.82, 2.24) is 24.8 Å². The summed E-state index contributed by atoms with van der Waals surface area (Å²) in [6.45, 7) is 7.68. The molecule has 1 aliphatic heterocycles. The van der Waals surface area contributed by atoms with E-state index in [-0.39, 0.29) is 12.1 Å². The summed E-state index contributed by atoms with van der Waals surface area (Å²) in [5, 5.41) is 31.5. The predicted molar refractivity (Wildman–Crippen MR) is 132 cm³/mol. The van der Waals surface area contributed by atoms with E-state index in [1.165, 1.54) is 0 Å². The lowest BCUT2D eigenvalue weighted by atomic mass is 10.1. The Morgan fingerprint density at radius 1 is 1.17 bits per heavy atom. The summed E-state index contributed by atoms with van der Waals surface area (Å²) in [6, 6.07) is 9.51. The van der Waals surface area contributed by atoms with Crippen LogP contribution < -0.4 is 15.9 Å². The molecule has 1 atom stereocenters. The number of carbonyl (C=O) groups excluding carboxylic acids is 1. The summed E-state index contributed by atoms with van der Waals surface area (Å²) >= 11 is 0. The van der Waals surface area contributed by atoms with Crippen LogP contribution in [0.2, 0.25) is 0 Å². The first-order valence-electron chi connectivity index (χ1n) is 11.3. The lowest BCUT2D eigenvalue weighted by Gasteiger charge is -2.16. The minimum Gasteiger partial charge on any atom is -0.389 e. The number of aryl methyl sites for hydroxylation is 1. The third-order valence-electron chi connectivity index (χ3n) is 5.62. The molecule has 0 aliphatic carbocycles. The van der Waals surface area contributed by atoms with E-state index < -0.39 is 5.60 Å². The molecule has 11 heteroatoms. The number of rotatable bonds is 6. The smallest absolute Gasteiger partial charge is 0.259 e. The van der Waals surface area contributed by atoms with Gasteiger partial charge in [-0.25, -0.2) is 4.52 Å². The topological polar surface area (TPSA) is 124 Å². The number of fused-ring (bicyclic) bond motifs is 1. The molecule has 0 saturated heterocycles. The molecule has 0 saturated carbocycles. The quantitative estimate of drug-likeness (QED) is 0.393. The number of pyridine rings is 1. The Kier molecular flexibility index (Phi) is 5.58. The standard InChI is InChI=1S/C24H27N9O2/c1-15-5-6-19(33-29-16(2)28-30-33)10-21(15)27-23(34)20-12-26-32-8-7-17(9-22(20)32)18-11-25-31(13-18)14-24(3,4)35/h5-13,16,29,35H,14H2,1-4H3,(H,27,34). The van der Waals surface area contributed by atoms with Crippen LogP contribution >= 0.6 is 0 Å². The number of nitrogens with one attached hydrogen (secondary N) is 2. The molecule has 5 rings (SSSR count). The zero-order valence-electron chi connectivity index (χ0n) is 20.0. The lowest BCUT2D eigenvalue weighted by molar-refractivity contribution is 0.0577. The number of hydrogen-bond acceptors (Lipinski definition) is 8. The van der Waals surface area contributed by atoms with Crippen molar-refractivity contribution in [1.29, 1.82) is 0 Å². The highest BCUT2D eigenvalue weighted by Crippen LogP contribution is 2.27. The molecule has 1 amide bonds. The van der Waals surface area contributed by atoms with Crippen LogP contribution in [-0.4, -0.2) is 42.2 Å². The molecule has 35 heavy (non-hydrogen) atoms. The average molecular weight is 474 g/mol. The minimum atomic E-state index is -0.870. The van der Waals surface area contributed by atoms with Gasteiger partial charge in [0.1, 0.15) is 6.17 Å². The third kappa shape index (κ3) is 4.77. The normalized spacial score (nSPS) is 15.8. The fourth-order valence-corrected chi connectivity index (χ4v) is 3.88. The summed E-state index contributed by atoms with van der Waals surface area (Å²) in [5.74, 6) is -0.264. The van der Waals surface area contributed by atoms with Gasteiger partial charge < -0.3 is 10.4 Å². The highest BCUT2D eigenvalue weighted by molar-refractivity contribution is 6.09. The van der Waals surface area contributed by atoms with E-state index in [1.807, 2.05) is 56.6 Å². The Labute approximate surface area is 202 Å². The van der Waals surface area contributed by atoms with E-state index in [1.54, 1.807) is 40.6 Å². The van der Waals surface area contributed by atoms with Crippen LogP contribution in [0.25, 0.3) is 16.6 Å². The highest BCUT2D eigenvalue weighted by atomic mass is 16.3. The second-order valence-corrected chi connectivity index (χ2v) is 9.32. The van der Waals surface area contributed by atoms with Gasteiger partial charge in [0, 0.05) is 23.6 Å². The van der Waals surface area contributed by atoms with Crippen molar-refractivity contribution < 1.29 is 9.90 Å². The van der Waals surface area contributed by atoms with Gasteiger partial charge in [0.05, 0.1) is 41.3 Å². The number of benzene rings is 1. The summed E-state index contributed by atoms with van der Waals surface area (Å²) in [4.78, 5) is 13.3. The number of nitrogens with zero attached hydrogens (tertiary/aromatic N) is 7. The molecular weight excluding hydrogens is 446 g/mol. The second kappa shape index (κ2) is 8.60. The molecule has 3 aromatic heterocycles. The first-order valence-corrected chi connectivity index (χ1v) is 11.3. The molecule has 180 valence electrons. The van der Waals surface area contributed by atoms with Gasteiger partial charge in [-0.05, 0) is 63.1 Å². The third-order valence-corrected chi connectivity index (χ3v) is 5.62. The van der Waals surface area contributed by atoms with E-state index in [0.717, 1.165) is 22.4 Å². The molecule has 4 heterocycles. The molecule has 0 radical (unpaired) electrons. The lowest BCUT2D eigenvalue weighted by Crippen LogP contribution is -2.33. The fourth-order valence-electron chi connectivity index (χ4n) is 3.88. The van der Waals surface area contributed by atoms with E-state index in [4.69, 9.17) is 0 Å². The summed E-state index contributed by atoms with van der Waals surface area (Å²) in [7, 11) is 0. The van der Waals surface area contributed by atoms with Gasteiger partial charge in [-0.3, -0.25) is 9.48 Å². The molecule has 3 N–H and O–H groups in total. The van der Waals surface area contributed by atoms with Crippen LogP contribution in [-0.2, 0) is 6.54 Å². The van der Waals surface area contributed by atoms with Gasteiger partial charge in [0.25, 0.3) is 5.91 Å². The second-order valence-electron chi connectivity index (χ2n) is 9.32. The van der Waals surface area contributed by atoms with E-state index in [2.05, 4.69) is 31.3 Å². The molecule has 1 unspecified atom stereocenters. The molecule has 11 nitrogen and oxygen atoms in total. The largest absolute Gasteiger partial charge is 0.389 e. The number of aliphatic hydroxyl groups is 1. The Bertz CT molecular complexity index is 1430. The average Bonchev–Trinajstić information content (AvgIpc) is 3.53. The highest BCUT2D eigenvalue weighted by Gasteiger charge is 2.19. The Hall–Kier alpha value is -4.09. The van der Waals surface area contributed by atoms with Crippen molar-refractivity contribution >= 4 is 22.8 Å². The maximum atomic E-state index is 13.3. The van der Waals surface area contributed by atoms with Crippen LogP contribution in [0.1, 0.15) is 36.7 Å². The van der Waals surface area contributed by atoms with Crippen molar-refractivity contribution in [3.8, 4) is 11.1 Å². The molecular formula is C24H27N9O2. The summed E-state index contributed by atoms with van der Waals surface area (Å²) < 4.78 is 3.37. The number of hydrogen-bond donors (Lipinski definition) is 3. The Balaban J connectivity index is 1.41. The van der Waals surface area contributed by atoms with Crippen LogP contribution in [0.15, 0.2) is 65.5 Å². The Morgan fingerprint density at radius 2 is 2.00 bits per heavy atom. The Morgan fingerprint density at radius 3 is 2.74 bits per heavy atom. The maximum Gasteiger partial charge on any atom is 0.259 e. The van der Waals surface area contributed by atoms with Gasteiger partial charge in [-0.15, -0.1) is 5.11 Å². The maximum absolute atomic E-state index is 13.3. The van der Waals surface area contributed by atoms with Crippen molar-refractivity contribution in [2.75, 3.05) is 10.4 Å². The molecule has 0 bridgehead atoms. The van der Waals surface area contributed by atoms with Crippen molar-refractivity contribution in [3.63, 3.8) is 0 Å². The van der Waals surface area contributed by atoms with Gasteiger partial charge in [-0.2, -0.15) is 20.7 Å². The van der Waals surface area contributed by atoms with Crippen molar-refractivity contribution in [2.24, 2.45) is 10.3 Å². The summed E-state index contributed by atoms with van der Waals surface area (Å²) in [6.07, 6.45) is 6.88. The van der Waals surface area contributed by atoms with Gasteiger partial charge in [-0.1, -0.05) is 11.3 Å². The van der Waals surface area contributed by atoms with Gasteiger partial charge in [0.2, 0.25) is 0 Å². The monoisotopic (exact) mass is 473 g/mol. The van der Waals surface area contributed by atoms with E-state index in [0.29, 0.717) is 23.3 Å². The van der Waals surface area contributed by atoms with E-state index in [9.17, 15) is 9.90 Å². The van der Waals surface area contributed by atoms with Crippen LogP contribution in [0.3, 0.4) is 0 Å². The first kappa shape index (κ1) is 22.7. The molecule has 4 aromatic rings. The number of anilines is 2. The zero-order chi connectivity index (χ0) is 24.7. The minimum absolute atomic E-state index is 0.107. The first-order chi connectivity index (χ1) is 16.7. The summed E-state index contributed by atoms with van der Waals surface area (Å²) in [5.41, 5.74) is 7.51. The molecule has 1 aromatic carbocycles. The van der Waals surface area contributed by atoms with Gasteiger partial charge >= 0.3 is 0 Å². The number of hydrazine groups is 1. The van der Waals surface area contributed by atoms with Gasteiger partial charge in [0.15, 0.2) is 0 Å². The number of aromatic nitrogens is 4. The SMILES string of the molecule is Cc1ccc(N2N=NC(C)N2)cc1NC(=O)c1cnn2ccc(-c3cnn(CC(C)(C)O)c3)cc12. The van der Waals surface area contributed by atoms with E-state index >= 15 is 0 Å². The number of amides is 1. The van der Waals surface area contributed by atoms with Crippen molar-refractivity contribution in [2.45, 2.75) is 46.0 Å². The molecule has 0 spiro atoms. The molecule has 0 fully saturated rings. The fraction of sp³-hybridized carbons (Fsp3) is 0.292. The molecule has 1 aliphatic rings. The zero-order valence-corrected chi connectivity index (χ0v) is 20.0. The van der Waals surface area contributed by atoms with Crippen molar-refractivity contribution in [3.05, 3.63) is 66.2 Å². The predicted octanol–water partition coefficient (Wildman–Crippen LogP) is 3.57. The van der Waals surface area contributed by atoms with Crippen LogP contribution in [0.4, 0.5) is 11.4 Å².